The molecule has 0 saturated carbocycles. The fraction of sp³-hybridized carbons (Fsp3) is 0.333. The number of β-lactam (4-membered cyclic amide) rings is 1. The number of halogens is 3. The number of benzene rings is 2. The fourth-order valence-corrected chi connectivity index (χ4v) is 7.04. The lowest BCUT2D eigenvalue weighted by Gasteiger charge is -2.44. The standard InChI is InChI=1S/C21H18Cl2FNO6S/c1-30-16-4-3-13(22)6-11(16)5-12-10-25-19(26)9-21(25,20(12)27)32(28,29)18-7-14(23)15(24)8-17(18)31-2/h3-4,6-8,12H,5,9-10H2,1-2H3. The van der Waals surface area contributed by atoms with Crippen LogP contribution in [0.5, 0.6) is 11.5 Å². The number of rotatable bonds is 6. The van der Waals surface area contributed by atoms with Gasteiger partial charge in [0.25, 0.3) is 0 Å². The highest BCUT2D eigenvalue weighted by atomic mass is 35.5. The molecular formula is C21H18Cl2FNO6S. The molecule has 2 saturated heterocycles. The number of ketones is 1. The summed E-state index contributed by atoms with van der Waals surface area (Å²) in [7, 11) is -1.85. The number of ether oxygens (including phenoxy) is 2. The first-order valence-electron chi connectivity index (χ1n) is 9.51. The first-order chi connectivity index (χ1) is 15.1. The number of nitrogens with zero attached hydrogens (tertiary/aromatic N) is 1. The smallest absolute Gasteiger partial charge is 0.228 e. The average molecular weight is 502 g/mol. The summed E-state index contributed by atoms with van der Waals surface area (Å²) in [5.74, 6) is -2.56. The third-order valence-electron chi connectivity index (χ3n) is 5.94. The van der Waals surface area contributed by atoms with Gasteiger partial charge >= 0.3 is 0 Å². The molecular weight excluding hydrogens is 484 g/mol. The second kappa shape index (κ2) is 7.90. The molecule has 2 heterocycles. The molecule has 2 aromatic rings. The zero-order chi connectivity index (χ0) is 23.4. The van der Waals surface area contributed by atoms with E-state index in [4.69, 9.17) is 32.7 Å². The van der Waals surface area contributed by atoms with E-state index in [9.17, 15) is 22.4 Å². The molecule has 170 valence electrons. The third kappa shape index (κ3) is 3.17. The van der Waals surface area contributed by atoms with Crippen LogP contribution in [-0.2, 0) is 25.8 Å². The van der Waals surface area contributed by atoms with Crippen LogP contribution >= 0.6 is 23.2 Å². The van der Waals surface area contributed by atoms with Gasteiger partial charge in [-0.15, -0.1) is 0 Å². The van der Waals surface area contributed by atoms with E-state index in [1.807, 2.05) is 0 Å². The predicted octanol–water partition coefficient (Wildman–Crippen LogP) is 3.29. The molecule has 11 heteroatoms. The van der Waals surface area contributed by atoms with Crippen molar-refractivity contribution in [3.63, 3.8) is 0 Å². The van der Waals surface area contributed by atoms with Crippen molar-refractivity contribution in [1.82, 2.24) is 4.90 Å². The summed E-state index contributed by atoms with van der Waals surface area (Å²) in [6.45, 7) is -0.0796. The van der Waals surface area contributed by atoms with Crippen LogP contribution in [0.15, 0.2) is 35.2 Å². The highest BCUT2D eigenvalue weighted by Gasteiger charge is 2.71. The first kappa shape index (κ1) is 22.8. The molecule has 7 nitrogen and oxygen atoms in total. The Labute approximate surface area is 193 Å². The Morgan fingerprint density at radius 2 is 1.81 bits per heavy atom. The molecule has 2 aromatic carbocycles. The molecule has 2 atom stereocenters. The van der Waals surface area contributed by atoms with Crippen molar-refractivity contribution >= 4 is 44.7 Å². The summed E-state index contributed by atoms with van der Waals surface area (Å²) in [4.78, 5) is 24.4. The number of hydrogen-bond donors (Lipinski definition) is 0. The predicted molar refractivity (Wildman–Crippen MR) is 114 cm³/mol. The van der Waals surface area contributed by atoms with Crippen molar-refractivity contribution in [2.45, 2.75) is 22.6 Å². The summed E-state index contributed by atoms with van der Waals surface area (Å²) in [6.07, 6.45) is -0.375. The fourth-order valence-electron chi connectivity index (χ4n) is 4.36. The molecule has 2 unspecified atom stereocenters. The summed E-state index contributed by atoms with van der Waals surface area (Å²) < 4.78 is 51.6. The van der Waals surface area contributed by atoms with E-state index in [2.05, 4.69) is 0 Å². The Bertz CT molecular complexity index is 1250. The van der Waals surface area contributed by atoms with Gasteiger partial charge in [0.2, 0.25) is 20.6 Å². The van der Waals surface area contributed by atoms with E-state index < -0.39 is 54.5 Å². The van der Waals surface area contributed by atoms with Crippen LogP contribution < -0.4 is 9.47 Å². The summed E-state index contributed by atoms with van der Waals surface area (Å²) in [5.41, 5.74) is 0.614. The van der Waals surface area contributed by atoms with E-state index in [-0.39, 0.29) is 18.7 Å². The molecule has 0 spiro atoms. The summed E-state index contributed by atoms with van der Waals surface area (Å²) >= 11 is 11.9. The monoisotopic (exact) mass is 501 g/mol. The van der Waals surface area contributed by atoms with Crippen molar-refractivity contribution in [3.05, 3.63) is 51.8 Å². The maximum absolute atomic E-state index is 13.9. The van der Waals surface area contributed by atoms with Crippen LogP contribution in [0.1, 0.15) is 12.0 Å². The Hall–Kier alpha value is -2.36. The lowest BCUT2D eigenvalue weighted by molar-refractivity contribution is -0.150. The second-order valence-corrected chi connectivity index (χ2v) is 10.6. The lowest BCUT2D eigenvalue weighted by Crippen LogP contribution is -2.67. The van der Waals surface area contributed by atoms with Crippen LogP contribution in [0.2, 0.25) is 10.0 Å². The van der Waals surface area contributed by atoms with Crippen molar-refractivity contribution < 1.29 is 31.9 Å². The summed E-state index contributed by atoms with van der Waals surface area (Å²) in [6, 6.07) is 6.66. The minimum Gasteiger partial charge on any atom is -0.496 e. The van der Waals surface area contributed by atoms with Crippen LogP contribution in [0, 0.1) is 11.7 Å². The van der Waals surface area contributed by atoms with E-state index in [0.29, 0.717) is 16.3 Å². The van der Waals surface area contributed by atoms with Gasteiger partial charge in [-0.2, -0.15) is 0 Å². The molecule has 0 radical (unpaired) electrons. The highest BCUT2D eigenvalue weighted by molar-refractivity contribution is 7.94. The molecule has 0 aromatic heterocycles. The maximum Gasteiger partial charge on any atom is 0.228 e. The molecule has 0 N–H and O–H groups in total. The van der Waals surface area contributed by atoms with Crippen LogP contribution in [0.25, 0.3) is 0 Å². The van der Waals surface area contributed by atoms with Gasteiger partial charge in [0, 0.05) is 23.6 Å². The third-order valence-corrected chi connectivity index (χ3v) is 8.81. The van der Waals surface area contributed by atoms with E-state index in [1.54, 1.807) is 18.2 Å². The molecule has 2 aliphatic rings. The molecule has 0 aliphatic carbocycles. The van der Waals surface area contributed by atoms with Gasteiger partial charge in [0.05, 0.1) is 25.7 Å². The number of amides is 1. The van der Waals surface area contributed by atoms with Gasteiger partial charge < -0.3 is 14.4 Å². The van der Waals surface area contributed by atoms with E-state index in [0.717, 1.165) is 17.0 Å². The second-order valence-electron chi connectivity index (χ2n) is 7.61. The van der Waals surface area contributed by atoms with Crippen molar-refractivity contribution in [1.29, 1.82) is 0 Å². The van der Waals surface area contributed by atoms with Gasteiger partial charge in [-0.25, -0.2) is 12.8 Å². The molecule has 4 rings (SSSR count). The first-order valence-corrected chi connectivity index (χ1v) is 11.8. The molecule has 2 aliphatic heterocycles. The number of carbonyl (C=O) groups excluding carboxylic acids is 2. The van der Waals surface area contributed by atoms with Gasteiger partial charge in [0.1, 0.15) is 22.2 Å². The lowest BCUT2D eigenvalue weighted by atomic mass is 9.92. The number of fused-ring (bicyclic) bond motifs is 1. The van der Waals surface area contributed by atoms with Gasteiger partial charge in [0.15, 0.2) is 5.78 Å². The maximum atomic E-state index is 13.9. The van der Waals surface area contributed by atoms with Gasteiger partial charge in [-0.05, 0) is 36.2 Å². The Balaban J connectivity index is 1.77. The normalized spacial score (nSPS) is 22.5. The average Bonchev–Trinajstić information content (AvgIpc) is 2.97. The van der Waals surface area contributed by atoms with Crippen molar-refractivity contribution in [3.8, 4) is 11.5 Å². The Kier molecular flexibility index (Phi) is 5.63. The molecule has 32 heavy (non-hydrogen) atoms. The number of sulfone groups is 1. The zero-order valence-corrected chi connectivity index (χ0v) is 19.4. The van der Waals surface area contributed by atoms with Gasteiger partial charge in [-0.1, -0.05) is 23.2 Å². The SMILES string of the molecule is COc1ccc(Cl)cc1CC1CN2C(=O)CC2(S(=O)(=O)c2cc(Cl)c(F)cc2OC)C1=O. The van der Waals surface area contributed by atoms with Crippen LogP contribution in [-0.4, -0.2) is 50.6 Å². The van der Waals surface area contributed by atoms with E-state index >= 15 is 0 Å². The van der Waals surface area contributed by atoms with Crippen LogP contribution in [0.3, 0.4) is 0 Å². The topological polar surface area (TPSA) is 90.0 Å². The number of hydrogen-bond acceptors (Lipinski definition) is 6. The van der Waals surface area contributed by atoms with E-state index in [1.165, 1.54) is 14.2 Å². The van der Waals surface area contributed by atoms with Crippen molar-refractivity contribution in [2.75, 3.05) is 20.8 Å². The number of carbonyl (C=O) groups is 2. The van der Waals surface area contributed by atoms with Crippen LogP contribution in [0.4, 0.5) is 4.39 Å². The number of Topliss-reactive ketones (excluding diaryl/α,β-unsaturated/α-hetero) is 1. The van der Waals surface area contributed by atoms with Gasteiger partial charge in [-0.3, -0.25) is 9.59 Å². The Morgan fingerprint density at radius 3 is 2.44 bits per heavy atom. The summed E-state index contributed by atoms with van der Waals surface area (Å²) in [5, 5.41) is -0.0118. The zero-order valence-electron chi connectivity index (χ0n) is 17.0. The quantitative estimate of drug-likeness (QED) is 0.445. The Morgan fingerprint density at radius 1 is 1.12 bits per heavy atom. The molecule has 0 bridgehead atoms. The van der Waals surface area contributed by atoms with Crippen molar-refractivity contribution in [2.24, 2.45) is 5.92 Å². The molecule has 2 fully saturated rings. The number of methoxy groups -OCH3 is 2. The minimum absolute atomic E-state index is 0.0796. The molecule has 1 amide bonds. The minimum atomic E-state index is -4.49. The highest BCUT2D eigenvalue weighted by Crippen LogP contribution is 2.50. The largest absolute Gasteiger partial charge is 0.496 e.